The highest BCUT2D eigenvalue weighted by atomic mass is 16.5. The largest absolute Gasteiger partial charge is 0.387 e. The van der Waals surface area contributed by atoms with Crippen molar-refractivity contribution in [2.45, 2.75) is 51.6 Å². The summed E-state index contributed by atoms with van der Waals surface area (Å²) >= 11 is 0. The first-order valence-electron chi connectivity index (χ1n) is 9.85. The molecule has 1 amide bonds. The Morgan fingerprint density at radius 3 is 2.96 bits per heavy atom. The van der Waals surface area contributed by atoms with E-state index in [4.69, 9.17) is 4.52 Å². The minimum absolute atomic E-state index is 0.108. The zero-order valence-corrected chi connectivity index (χ0v) is 16.0. The van der Waals surface area contributed by atoms with Crippen molar-refractivity contribution in [3.8, 4) is 11.4 Å². The number of likely N-dealkylation sites (tertiary alicyclic amines) is 1. The molecule has 1 aromatic heterocycles. The van der Waals surface area contributed by atoms with E-state index in [1.54, 1.807) is 0 Å². The number of hydrogen-bond acceptors (Lipinski definition) is 5. The van der Waals surface area contributed by atoms with Crippen molar-refractivity contribution in [3.05, 3.63) is 35.7 Å². The van der Waals surface area contributed by atoms with Crippen molar-refractivity contribution in [1.29, 1.82) is 0 Å². The van der Waals surface area contributed by atoms with E-state index in [0.717, 1.165) is 24.0 Å². The Bertz CT molecular complexity index is 830. The van der Waals surface area contributed by atoms with Gasteiger partial charge in [-0.1, -0.05) is 35.8 Å². The van der Waals surface area contributed by atoms with E-state index in [1.807, 2.05) is 36.1 Å². The average Bonchev–Trinajstić information content (AvgIpc) is 3.32. The van der Waals surface area contributed by atoms with Crippen LogP contribution >= 0.6 is 0 Å². The number of β-amino-alcohol motifs (C(OH)–C–C–N with tert-alkyl or cyclic N) is 1. The molecule has 1 saturated carbocycles. The van der Waals surface area contributed by atoms with E-state index in [0.29, 0.717) is 50.0 Å². The molecule has 2 atom stereocenters. The van der Waals surface area contributed by atoms with Gasteiger partial charge in [0.2, 0.25) is 17.6 Å². The summed E-state index contributed by atoms with van der Waals surface area (Å²) in [6.45, 7) is 5.22. The first-order valence-corrected chi connectivity index (χ1v) is 9.85. The standard InChI is InChI=1S/C21H27N3O3/c1-14-5-3-6-16(11-14)20-22-18(27-23-20)7-4-8-19(25)24-12-15(2)21(26,13-24)17-9-10-17/h3,5-6,11,15,17,26H,4,7-10,12-13H2,1-2H3. The van der Waals surface area contributed by atoms with Gasteiger partial charge in [-0.15, -0.1) is 0 Å². The number of nitrogens with zero attached hydrogens (tertiary/aromatic N) is 3. The van der Waals surface area contributed by atoms with Gasteiger partial charge in [0.25, 0.3) is 0 Å². The van der Waals surface area contributed by atoms with Crippen LogP contribution in [0.1, 0.15) is 44.1 Å². The number of carbonyl (C=O) groups is 1. The highest BCUT2D eigenvalue weighted by Crippen LogP contribution is 2.47. The van der Waals surface area contributed by atoms with Crippen LogP contribution in [0.4, 0.5) is 0 Å². The maximum Gasteiger partial charge on any atom is 0.226 e. The number of carbonyl (C=O) groups excluding carboxylic acids is 1. The van der Waals surface area contributed by atoms with Crippen molar-refractivity contribution in [2.75, 3.05) is 13.1 Å². The number of aliphatic hydroxyl groups is 1. The number of aryl methyl sites for hydroxylation is 2. The molecule has 1 N–H and O–H groups in total. The fraction of sp³-hybridized carbons (Fsp3) is 0.571. The molecule has 1 aliphatic heterocycles. The monoisotopic (exact) mass is 369 g/mol. The van der Waals surface area contributed by atoms with Crippen LogP contribution < -0.4 is 0 Å². The normalized spacial score (nSPS) is 25.1. The lowest BCUT2D eigenvalue weighted by atomic mass is 9.88. The molecule has 144 valence electrons. The average molecular weight is 369 g/mol. The predicted octanol–water partition coefficient (Wildman–Crippen LogP) is 2.99. The lowest BCUT2D eigenvalue weighted by molar-refractivity contribution is -0.131. The van der Waals surface area contributed by atoms with Gasteiger partial charge in [0.15, 0.2) is 0 Å². The highest BCUT2D eigenvalue weighted by molar-refractivity contribution is 5.76. The first kappa shape index (κ1) is 18.2. The van der Waals surface area contributed by atoms with Gasteiger partial charge in [-0.2, -0.15) is 4.98 Å². The van der Waals surface area contributed by atoms with E-state index in [1.165, 1.54) is 0 Å². The Morgan fingerprint density at radius 2 is 2.22 bits per heavy atom. The van der Waals surface area contributed by atoms with Crippen LogP contribution in [-0.4, -0.2) is 44.7 Å². The maximum atomic E-state index is 12.5. The molecule has 1 aliphatic carbocycles. The van der Waals surface area contributed by atoms with Crippen molar-refractivity contribution >= 4 is 5.91 Å². The first-order chi connectivity index (χ1) is 13.0. The molecule has 0 radical (unpaired) electrons. The summed E-state index contributed by atoms with van der Waals surface area (Å²) in [5.41, 5.74) is 1.41. The molecule has 2 aromatic rings. The van der Waals surface area contributed by atoms with Crippen molar-refractivity contribution in [3.63, 3.8) is 0 Å². The lowest BCUT2D eigenvalue weighted by Gasteiger charge is -2.26. The molecule has 2 fully saturated rings. The molecular formula is C21H27N3O3. The predicted molar refractivity (Wildman–Crippen MR) is 101 cm³/mol. The number of benzene rings is 1. The van der Waals surface area contributed by atoms with Gasteiger partial charge in [0, 0.05) is 37.4 Å². The lowest BCUT2D eigenvalue weighted by Crippen LogP contribution is -2.40. The summed E-state index contributed by atoms with van der Waals surface area (Å²) in [5, 5.41) is 14.9. The zero-order valence-electron chi connectivity index (χ0n) is 16.0. The third-order valence-electron chi connectivity index (χ3n) is 5.95. The zero-order chi connectivity index (χ0) is 19.0. The number of rotatable bonds is 6. The summed E-state index contributed by atoms with van der Waals surface area (Å²) in [6, 6.07) is 7.98. The smallest absolute Gasteiger partial charge is 0.226 e. The number of amides is 1. The molecule has 4 rings (SSSR count). The maximum absolute atomic E-state index is 12.5. The fourth-order valence-corrected chi connectivity index (χ4v) is 4.13. The molecule has 2 unspecified atom stereocenters. The summed E-state index contributed by atoms with van der Waals surface area (Å²) in [4.78, 5) is 18.8. The summed E-state index contributed by atoms with van der Waals surface area (Å²) in [6.07, 6.45) is 3.87. The van der Waals surface area contributed by atoms with Gasteiger partial charge in [0.1, 0.15) is 0 Å². The molecule has 2 aliphatic rings. The second kappa shape index (κ2) is 7.08. The third-order valence-corrected chi connectivity index (χ3v) is 5.95. The second-order valence-electron chi connectivity index (χ2n) is 8.18. The van der Waals surface area contributed by atoms with Gasteiger partial charge in [-0.25, -0.2) is 0 Å². The van der Waals surface area contributed by atoms with Crippen LogP contribution in [0.25, 0.3) is 11.4 Å². The van der Waals surface area contributed by atoms with Crippen LogP contribution in [0.5, 0.6) is 0 Å². The second-order valence-corrected chi connectivity index (χ2v) is 8.18. The summed E-state index contributed by atoms with van der Waals surface area (Å²) < 4.78 is 5.33. The topological polar surface area (TPSA) is 79.5 Å². The van der Waals surface area contributed by atoms with Crippen LogP contribution in [0.2, 0.25) is 0 Å². The minimum atomic E-state index is -0.676. The van der Waals surface area contributed by atoms with Gasteiger partial charge in [-0.3, -0.25) is 4.79 Å². The van der Waals surface area contributed by atoms with Crippen molar-refractivity contribution < 1.29 is 14.4 Å². The molecular weight excluding hydrogens is 342 g/mol. The van der Waals surface area contributed by atoms with E-state index in [9.17, 15) is 9.90 Å². The highest BCUT2D eigenvalue weighted by Gasteiger charge is 2.53. The molecule has 27 heavy (non-hydrogen) atoms. The van der Waals surface area contributed by atoms with Crippen molar-refractivity contribution in [1.82, 2.24) is 15.0 Å². The molecule has 6 nitrogen and oxygen atoms in total. The summed E-state index contributed by atoms with van der Waals surface area (Å²) in [5.74, 6) is 1.79. The van der Waals surface area contributed by atoms with E-state index in [2.05, 4.69) is 17.1 Å². The van der Waals surface area contributed by atoms with Gasteiger partial charge < -0.3 is 14.5 Å². The van der Waals surface area contributed by atoms with E-state index >= 15 is 0 Å². The Hall–Kier alpha value is -2.21. The minimum Gasteiger partial charge on any atom is -0.387 e. The van der Waals surface area contributed by atoms with Crippen molar-refractivity contribution in [2.24, 2.45) is 11.8 Å². The quantitative estimate of drug-likeness (QED) is 0.847. The van der Waals surface area contributed by atoms with Gasteiger partial charge >= 0.3 is 0 Å². The molecule has 1 aromatic carbocycles. The van der Waals surface area contributed by atoms with E-state index < -0.39 is 5.60 Å². The number of aromatic nitrogens is 2. The molecule has 0 bridgehead atoms. The van der Waals surface area contributed by atoms with Gasteiger partial charge in [0.05, 0.1) is 5.60 Å². The van der Waals surface area contributed by atoms with Crippen LogP contribution in [0.15, 0.2) is 28.8 Å². The van der Waals surface area contributed by atoms with Crippen LogP contribution in [-0.2, 0) is 11.2 Å². The number of hydrogen-bond donors (Lipinski definition) is 1. The molecule has 1 saturated heterocycles. The van der Waals surface area contributed by atoms with Crippen LogP contribution in [0.3, 0.4) is 0 Å². The fourth-order valence-electron chi connectivity index (χ4n) is 4.13. The van der Waals surface area contributed by atoms with Gasteiger partial charge in [-0.05, 0) is 38.2 Å². The summed E-state index contributed by atoms with van der Waals surface area (Å²) in [7, 11) is 0. The molecule has 0 spiro atoms. The Balaban J connectivity index is 1.28. The SMILES string of the molecule is Cc1cccc(-c2noc(CCCC(=O)N3CC(C)C(O)(C4CC4)C3)n2)c1. The molecule has 6 heteroatoms. The van der Waals surface area contributed by atoms with E-state index in [-0.39, 0.29) is 11.8 Å². The Morgan fingerprint density at radius 1 is 1.41 bits per heavy atom. The Labute approximate surface area is 159 Å². The Kier molecular flexibility index (Phi) is 4.76. The third kappa shape index (κ3) is 3.76. The van der Waals surface area contributed by atoms with Crippen LogP contribution in [0, 0.1) is 18.8 Å². The molecule has 2 heterocycles.